The van der Waals surface area contributed by atoms with Crippen molar-refractivity contribution in [3.05, 3.63) is 29.6 Å². The molecule has 0 saturated carbocycles. The molecule has 4 nitrogen and oxygen atoms in total. The van der Waals surface area contributed by atoms with Gasteiger partial charge in [-0.1, -0.05) is 32.6 Å². The van der Waals surface area contributed by atoms with Gasteiger partial charge in [-0.2, -0.15) is 0 Å². The zero-order valence-electron chi connectivity index (χ0n) is 12.4. The van der Waals surface area contributed by atoms with Gasteiger partial charge in [0, 0.05) is 13.0 Å². The molecule has 0 fully saturated rings. The molecule has 0 aliphatic rings. The lowest BCUT2D eigenvalue weighted by atomic mass is 9.98. The lowest BCUT2D eigenvalue weighted by Crippen LogP contribution is -2.32. The van der Waals surface area contributed by atoms with Gasteiger partial charge < -0.3 is 5.11 Å². The average molecular weight is 313 g/mol. The SMILES string of the molecule is CC(C)(C)CNS(=O)(=O)c1ccc(C#CCCO)c(F)c1. The Bertz CT molecular complexity index is 652. The van der Waals surface area contributed by atoms with Gasteiger partial charge >= 0.3 is 0 Å². The molecule has 0 radical (unpaired) electrons. The molecule has 0 atom stereocenters. The maximum atomic E-state index is 13.8. The number of hydrogen-bond donors (Lipinski definition) is 2. The number of sulfonamides is 1. The molecule has 0 amide bonds. The normalized spacial score (nSPS) is 11.9. The molecule has 0 aliphatic carbocycles. The Morgan fingerprint density at radius 1 is 1.33 bits per heavy atom. The van der Waals surface area contributed by atoms with Crippen molar-refractivity contribution >= 4 is 10.0 Å². The zero-order chi connectivity index (χ0) is 16.1. The first-order valence-electron chi connectivity index (χ1n) is 6.55. The van der Waals surface area contributed by atoms with Crippen LogP contribution in [0, 0.1) is 23.1 Å². The fourth-order valence-corrected chi connectivity index (χ4v) is 2.67. The smallest absolute Gasteiger partial charge is 0.240 e. The van der Waals surface area contributed by atoms with E-state index in [0.29, 0.717) is 0 Å². The fraction of sp³-hybridized carbons (Fsp3) is 0.467. The summed E-state index contributed by atoms with van der Waals surface area (Å²) in [6, 6.07) is 3.59. The van der Waals surface area contributed by atoms with Crippen LogP contribution in [0.3, 0.4) is 0 Å². The summed E-state index contributed by atoms with van der Waals surface area (Å²) >= 11 is 0. The van der Waals surface area contributed by atoms with E-state index in [0.717, 1.165) is 6.07 Å². The quantitative estimate of drug-likeness (QED) is 0.834. The predicted octanol–water partition coefficient (Wildman–Crippen LogP) is 1.88. The maximum absolute atomic E-state index is 13.8. The number of rotatable bonds is 4. The molecule has 1 aromatic carbocycles. The Morgan fingerprint density at radius 3 is 2.52 bits per heavy atom. The minimum atomic E-state index is -3.74. The largest absolute Gasteiger partial charge is 0.395 e. The number of aliphatic hydroxyl groups is 1. The predicted molar refractivity (Wildman–Crippen MR) is 79.6 cm³/mol. The highest BCUT2D eigenvalue weighted by Crippen LogP contribution is 2.16. The minimum Gasteiger partial charge on any atom is -0.395 e. The van der Waals surface area contributed by atoms with E-state index in [4.69, 9.17) is 5.11 Å². The number of aliphatic hydroxyl groups excluding tert-OH is 1. The third-order valence-corrected chi connectivity index (χ3v) is 3.90. The van der Waals surface area contributed by atoms with Gasteiger partial charge in [0.15, 0.2) is 0 Å². The molecule has 21 heavy (non-hydrogen) atoms. The first-order chi connectivity index (χ1) is 9.65. The lowest BCUT2D eigenvalue weighted by Gasteiger charge is -2.18. The summed E-state index contributed by atoms with van der Waals surface area (Å²) < 4.78 is 40.4. The van der Waals surface area contributed by atoms with Gasteiger partial charge in [0.1, 0.15) is 5.82 Å². The van der Waals surface area contributed by atoms with Crippen molar-refractivity contribution in [1.82, 2.24) is 4.72 Å². The van der Waals surface area contributed by atoms with E-state index in [2.05, 4.69) is 16.6 Å². The molecule has 2 N–H and O–H groups in total. The van der Waals surface area contributed by atoms with Crippen LogP contribution in [-0.4, -0.2) is 26.7 Å². The monoisotopic (exact) mass is 313 g/mol. The van der Waals surface area contributed by atoms with Crippen LogP contribution in [0.15, 0.2) is 23.1 Å². The zero-order valence-corrected chi connectivity index (χ0v) is 13.2. The average Bonchev–Trinajstić information content (AvgIpc) is 2.38. The number of hydrogen-bond acceptors (Lipinski definition) is 3. The molecular weight excluding hydrogens is 293 g/mol. The highest BCUT2D eigenvalue weighted by Gasteiger charge is 2.19. The van der Waals surface area contributed by atoms with Crippen LogP contribution in [-0.2, 0) is 10.0 Å². The second-order valence-corrected chi connectivity index (χ2v) is 7.57. The third-order valence-electron chi connectivity index (χ3n) is 2.50. The molecule has 116 valence electrons. The Balaban J connectivity index is 2.96. The van der Waals surface area contributed by atoms with Crippen LogP contribution in [0.1, 0.15) is 32.8 Å². The van der Waals surface area contributed by atoms with Crippen molar-refractivity contribution < 1.29 is 17.9 Å². The molecular formula is C15H20FNO3S. The first kappa shape index (κ1) is 17.6. The molecule has 0 heterocycles. The second kappa shape index (κ2) is 7.03. The standard InChI is InChI=1S/C15H20FNO3S/c1-15(2,3)11-17-21(19,20)13-8-7-12(14(16)10-13)6-4-5-9-18/h7-8,10,17-18H,5,9,11H2,1-3H3. The highest BCUT2D eigenvalue weighted by atomic mass is 32.2. The van der Waals surface area contributed by atoms with Gasteiger partial charge in [-0.3, -0.25) is 0 Å². The maximum Gasteiger partial charge on any atom is 0.240 e. The van der Waals surface area contributed by atoms with Crippen molar-refractivity contribution in [2.75, 3.05) is 13.2 Å². The van der Waals surface area contributed by atoms with Gasteiger partial charge in [0.25, 0.3) is 0 Å². The van der Waals surface area contributed by atoms with Crippen LogP contribution in [0.4, 0.5) is 4.39 Å². The molecule has 6 heteroatoms. The van der Waals surface area contributed by atoms with Gasteiger partial charge in [-0.15, -0.1) is 0 Å². The summed E-state index contributed by atoms with van der Waals surface area (Å²) in [6.45, 7) is 5.86. The topological polar surface area (TPSA) is 66.4 Å². The second-order valence-electron chi connectivity index (χ2n) is 5.80. The Morgan fingerprint density at radius 2 is 2.00 bits per heavy atom. The summed E-state index contributed by atoms with van der Waals surface area (Å²) in [6.07, 6.45) is 0.243. The third kappa shape index (κ3) is 5.84. The number of halogens is 1. The molecule has 0 saturated heterocycles. The lowest BCUT2D eigenvalue weighted by molar-refractivity contribution is 0.305. The molecule has 0 spiro atoms. The fourth-order valence-electron chi connectivity index (χ4n) is 1.37. The molecule has 0 aliphatic heterocycles. The summed E-state index contributed by atoms with van der Waals surface area (Å²) in [7, 11) is -3.74. The summed E-state index contributed by atoms with van der Waals surface area (Å²) in [5, 5.41) is 8.61. The number of benzene rings is 1. The summed E-state index contributed by atoms with van der Waals surface area (Å²) in [4.78, 5) is -0.128. The minimum absolute atomic E-state index is 0.0994. The van der Waals surface area contributed by atoms with Crippen LogP contribution < -0.4 is 4.72 Å². The van der Waals surface area contributed by atoms with E-state index in [9.17, 15) is 12.8 Å². The van der Waals surface area contributed by atoms with Gasteiger partial charge in [-0.25, -0.2) is 17.5 Å². The van der Waals surface area contributed by atoms with E-state index >= 15 is 0 Å². The Labute approximate surface area is 125 Å². The van der Waals surface area contributed by atoms with E-state index in [-0.39, 0.29) is 35.4 Å². The van der Waals surface area contributed by atoms with E-state index in [1.54, 1.807) is 0 Å². The van der Waals surface area contributed by atoms with Crippen molar-refractivity contribution in [2.45, 2.75) is 32.1 Å². The van der Waals surface area contributed by atoms with Crippen molar-refractivity contribution in [3.63, 3.8) is 0 Å². The van der Waals surface area contributed by atoms with Crippen LogP contribution in [0.5, 0.6) is 0 Å². The summed E-state index contributed by atoms with van der Waals surface area (Å²) in [5.41, 5.74) is -0.0976. The van der Waals surface area contributed by atoms with E-state index in [1.807, 2.05) is 20.8 Å². The van der Waals surface area contributed by atoms with E-state index in [1.165, 1.54) is 12.1 Å². The van der Waals surface area contributed by atoms with Crippen LogP contribution in [0.25, 0.3) is 0 Å². The highest BCUT2D eigenvalue weighted by molar-refractivity contribution is 7.89. The summed E-state index contributed by atoms with van der Waals surface area (Å²) in [5.74, 6) is 4.44. The van der Waals surface area contributed by atoms with Crippen LogP contribution >= 0.6 is 0 Å². The molecule has 0 unspecified atom stereocenters. The van der Waals surface area contributed by atoms with Crippen LogP contribution in [0.2, 0.25) is 0 Å². The first-order valence-corrected chi connectivity index (χ1v) is 8.03. The van der Waals surface area contributed by atoms with E-state index < -0.39 is 15.8 Å². The molecule has 0 aromatic heterocycles. The molecule has 1 aromatic rings. The molecule has 0 bridgehead atoms. The Hall–Kier alpha value is -1.42. The molecule has 1 rings (SSSR count). The van der Waals surface area contributed by atoms with Gasteiger partial charge in [-0.05, 0) is 23.6 Å². The number of nitrogens with one attached hydrogen (secondary N) is 1. The van der Waals surface area contributed by atoms with Crippen molar-refractivity contribution in [2.24, 2.45) is 5.41 Å². The van der Waals surface area contributed by atoms with Gasteiger partial charge in [0.2, 0.25) is 10.0 Å². The van der Waals surface area contributed by atoms with Crippen molar-refractivity contribution in [3.8, 4) is 11.8 Å². The van der Waals surface area contributed by atoms with Gasteiger partial charge in [0.05, 0.1) is 17.1 Å². The van der Waals surface area contributed by atoms with Crippen molar-refractivity contribution in [1.29, 1.82) is 0 Å². The Kier molecular flexibility index (Phi) is 5.90.